The Morgan fingerprint density at radius 3 is 2.77 bits per heavy atom. The number of nitrogens with zero attached hydrogens (tertiary/aromatic N) is 1. The van der Waals surface area contributed by atoms with Gasteiger partial charge in [0.2, 0.25) is 5.91 Å². The summed E-state index contributed by atoms with van der Waals surface area (Å²) < 4.78 is 0.699. The number of rotatable bonds is 4. The Morgan fingerprint density at radius 2 is 2.14 bits per heavy atom. The molecule has 0 spiro atoms. The van der Waals surface area contributed by atoms with Crippen LogP contribution in [-0.2, 0) is 15.1 Å². The van der Waals surface area contributed by atoms with E-state index in [1.165, 1.54) is 0 Å². The highest BCUT2D eigenvalue weighted by Crippen LogP contribution is 2.33. The Kier molecular flexibility index (Phi) is 4.52. The van der Waals surface area contributed by atoms with E-state index in [9.17, 15) is 14.4 Å². The fourth-order valence-electron chi connectivity index (χ4n) is 2.24. The predicted octanol–water partition coefficient (Wildman–Crippen LogP) is 0.966. The van der Waals surface area contributed by atoms with Gasteiger partial charge in [0, 0.05) is 10.0 Å². The van der Waals surface area contributed by atoms with Crippen LogP contribution in [0.1, 0.15) is 12.5 Å². The van der Waals surface area contributed by atoms with Crippen LogP contribution < -0.4 is 10.6 Å². The van der Waals surface area contributed by atoms with E-state index in [4.69, 9.17) is 6.42 Å². The molecule has 1 aromatic rings. The predicted molar refractivity (Wildman–Crippen MR) is 83.6 cm³/mol. The summed E-state index contributed by atoms with van der Waals surface area (Å²) in [4.78, 5) is 37.2. The Morgan fingerprint density at radius 1 is 1.45 bits per heavy atom. The van der Waals surface area contributed by atoms with E-state index in [1.807, 2.05) is 6.07 Å². The Labute approximate surface area is 136 Å². The van der Waals surface area contributed by atoms with Crippen LogP contribution in [-0.4, -0.2) is 35.8 Å². The molecule has 2 N–H and O–H groups in total. The average Bonchev–Trinajstić information content (AvgIpc) is 2.70. The molecular weight excluding hydrogens is 350 g/mol. The third-order valence-electron chi connectivity index (χ3n) is 3.38. The highest BCUT2D eigenvalue weighted by atomic mass is 79.9. The van der Waals surface area contributed by atoms with Crippen molar-refractivity contribution in [1.82, 2.24) is 15.5 Å². The lowest BCUT2D eigenvalue weighted by Gasteiger charge is -2.23. The van der Waals surface area contributed by atoms with Crippen molar-refractivity contribution >= 4 is 33.8 Å². The number of benzene rings is 1. The molecule has 0 saturated carbocycles. The van der Waals surface area contributed by atoms with Crippen LogP contribution >= 0.6 is 15.9 Å². The molecule has 22 heavy (non-hydrogen) atoms. The second-order valence-electron chi connectivity index (χ2n) is 4.91. The zero-order chi connectivity index (χ0) is 16.3. The van der Waals surface area contributed by atoms with E-state index in [-0.39, 0.29) is 13.1 Å². The number of nitrogens with one attached hydrogen (secondary N) is 2. The van der Waals surface area contributed by atoms with Gasteiger partial charge in [-0.15, -0.1) is 6.42 Å². The third kappa shape index (κ3) is 2.83. The maximum Gasteiger partial charge on any atom is 0.325 e. The van der Waals surface area contributed by atoms with Crippen molar-refractivity contribution in [2.45, 2.75) is 12.5 Å². The maximum absolute atomic E-state index is 12.6. The van der Waals surface area contributed by atoms with E-state index in [0.717, 1.165) is 4.90 Å². The molecule has 0 bridgehead atoms. The number of amides is 4. The molecule has 6 nitrogen and oxygen atoms in total. The van der Waals surface area contributed by atoms with Crippen LogP contribution in [0.5, 0.6) is 0 Å². The van der Waals surface area contributed by atoms with Gasteiger partial charge in [-0.2, -0.15) is 0 Å². The van der Waals surface area contributed by atoms with Crippen molar-refractivity contribution in [1.29, 1.82) is 0 Å². The summed E-state index contributed by atoms with van der Waals surface area (Å²) in [5.74, 6) is 1.28. The number of carbonyl (C=O) groups excluding carboxylic acids is 3. The number of terminal acetylenes is 1. The van der Waals surface area contributed by atoms with Gasteiger partial charge in [-0.25, -0.2) is 4.79 Å². The first kappa shape index (κ1) is 16.0. The van der Waals surface area contributed by atoms with Gasteiger partial charge in [-0.05, 0) is 13.0 Å². The van der Waals surface area contributed by atoms with Gasteiger partial charge in [-0.1, -0.05) is 40.0 Å². The number of carbonyl (C=O) groups is 3. The first-order valence-corrected chi connectivity index (χ1v) is 7.28. The molecule has 1 atom stereocenters. The summed E-state index contributed by atoms with van der Waals surface area (Å²) in [6.45, 7) is 1.28. The highest BCUT2D eigenvalue weighted by Gasteiger charge is 2.50. The summed E-state index contributed by atoms with van der Waals surface area (Å²) >= 11 is 3.37. The molecule has 0 radical (unpaired) electrons. The van der Waals surface area contributed by atoms with Crippen molar-refractivity contribution in [3.63, 3.8) is 0 Å². The summed E-state index contributed by atoms with van der Waals surface area (Å²) in [5.41, 5.74) is -0.594. The lowest BCUT2D eigenvalue weighted by Crippen LogP contribution is -2.43. The molecule has 0 aliphatic carbocycles. The number of hydrogen-bond donors (Lipinski definition) is 2. The van der Waals surface area contributed by atoms with Crippen molar-refractivity contribution in [2.24, 2.45) is 0 Å². The molecule has 1 saturated heterocycles. The fraction of sp³-hybridized carbons (Fsp3) is 0.267. The van der Waals surface area contributed by atoms with Crippen LogP contribution in [0.3, 0.4) is 0 Å². The molecule has 0 aromatic heterocycles. The van der Waals surface area contributed by atoms with Gasteiger partial charge >= 0.3 is 6.03 Å². The van der Waals surface area contributed by atoms with Crippen molar-refractivity contribution in [3.8, 4) is 12.3 Å². The quantitative estimate of drug-likeness (QED) is 0.617. The number of hydrogen-bond acceptors (Lipinski definition) is 3. The average molecular weight is 364 g/mol. The molecule has 1 aliphatic rings. The minimum atomic E-state index is -1.22. The smallest absolute Gasteiger partial charge is 0.325 e. The SMILES string of the molecule is C#CCNC(=O)CN1C(=O)NC(C)(c2ccccc2Br)C1=O. The van der Waals surface area contributed by atoms with E-state index in [1.54, 1.807) is 25.1 Å². The van der Waals surface area contributed by atoms with Crippen LogP contribution in [0.25, 0.3) is 0 Å². The lowest BCUT2D eigenvalue weighted by molar-refractivity contribution is -0.134. The highest BCUT2D eigenvalue weighted by molar-refractivity contribution is 9.10. The van der Waals surface area contributed by atoms with E-state index >= 15 is 0 Å². The zero-order valence-corrected chi connectivity index (χ0v) is 13.4. The van der Waals surface area contributed by atoms with Gasteiger partial charge in [0.15, 0.2) is 0 Å². The van der Waals surface area contributed by atoms with Crippen molar-refractivity contribution in [2.75, 3.05) is 13.1 Å². The standard InChI is InChI=1S/C15H14BrN3O3/c1-3-8-17-12(20)9-19-13(21)15(2,18-14(19)22)10-6-4-5-7-11(10)16/h1,4-7H,8-9H2,2H3,(H,17,20)(H,18,22). The van der Waals surface area contributed by atoms with Crippen molar-refractivity contribution in [3.05, 3.63) is 34.3 Å². The molecule has 1 unspecified atom stereocenters. The molecule has 1 heterocycles. The molecule has 1 aromatic carbocycles. The number of urea groups is 1. The Bertz CT molecular complexity index is 683. The van der Waals surface area contributed by atoms with E-state index in [0.29, 0.717) is 10.0 Å². The summed E-state index contributed by atoms with van der Waals surface area (Å²) in [6.07, 6.45) is 5.05. The second-order valence-corrected chi connectivity index (χ2v) is 5.76. The lowest BCUT2D eigenvalue weighted by atomic mass is 9.92. The number of imide groups is 1. The topological polar surface area (TPSA) is 78.5 Å². The maximum atomic E-state index is 12.6. The Balaban J connectivity index is 2.23. The third-order valence-corrected chi connectivity index (χ3v) is 4.07. The Hall–Kier alpha value is -2.33. The van der Waals surface area contributed by atoms with Crippen LogP contribution in [0.4, 0.5) is 4.79 Å². The minimum absolute atomic E-state index is 0.0456. The molecule has 1 fully saturated rings. The largest absolute Gasteiger partial charge is 0.344 e. The molecule has 4 amide bonds. The van der Waals surface area contributed by atoms with Crippen LogP contribution in [0.2, 0.25) is 0 Å². The summed E-state index contributed by atoms with van der Waals surface area (Å²) in [5, 5.41) is 5.06. The minimum Gasteiger partial charge on any atom is -0.344 e. The fourth-order valence-corrected chi connectivity index (χ4v) is 2.92. The first-order chi connectivity index (χ1) is 10.4. The summed E-state index contributed by atoms with van der Waals surface area (Å²) in [7, 11) is 0. The van der Waals surface area contributed by atoms with E-state index in [2.05, 4.69) is 32.5 Å². The van der Waals surface area contributed by atoms with Gasteiger partial charge in [0.1, 0.15) is 12.1 Å². The van der Waals surface area contributed by atoms with Crippen molar-refractivity contribution < 1.29 is 14.4 Å². The second kappa shape index (κ2) is 6.20. The molecule has 1 aliphatic heterocycles. The van der Waals surface area contributed by atoms with Gasteiger partial charge in [-0.3, -0.25) is 14.5 Å². The zero-order valence-electron chi connectivity index (χ0n) is 11.9. The van der Waals surface area contributed by atoms with Crippen LogP contribution in [0.15, 0.2) is 28.7 Å². The molecule has 7 heteroatoms. The van der Waals surface area contributed by atoms with Gasteiger partial charge in [0.05, 0.1) is 6.54 Å². The summed E-state index contributed by atoms with van der Waals surface area (Å²) in [6, 6.07) is 6.49. The molecule has 114 valence electrons. The molecule has 2 rings (SSSR count). The first-order valence-electron chi connectivity index (χ1n) is 6.49. The van der Waals surface area contributed by atoms with Gasteiger partial charge < -0.3 is 10.6 Å². The number of halogens is 1. The molecular formula is C15H14BrN3O3. The van der Waals surface area contributed by atoms with Gasteiger partial charge in [0.25, 0.3) is 5.91 Å². The van der Waals surface area contributed by atoms with E-state index < -0.39 is 23.4 Å². The monoisotopic (exact) mass is 363 g/mol. The van der Waals surface area contributed by atoms with Crippen LogP contribution in [0, 0.1) is 12.3 Å². The normalized spacial score (nSPS) is 20.5.